The Balaban J connectivity index is 2.11. The molecular formula is C12H14FNO2. The van der Waals surface area contributed by atoms with Crippen molar-refractivity contribution in [2.75, 3.05) is 6.54 Å². The van der Waals surface area contributed by atoms with Crippen LogP contribution in [0.5, 0.6) is 0 Å². The average molecular weight is 223 g/mol. The highest BCUT2D eigenvalue weighted by atomic mass is 19.1. The second-order valence-electron chi connectivity index (χ2n) is 4.14. The molecule has 1 aromatic carbocycles. The molecule has 0 radical (unpaired) electrons. The standard InChI is InChI=1S/C12H14FNO2/c13-10-4-2-1-3-9(10)11(12(15)16)14-7-8-5-6-8/h1-4,8,11,14H,5-7H2,(H,15,16). The minimum atomic E-state index is -1.04. The number of carboxylic acids is 1. The molecule has 1 aliphatic carbocycles. The summed E-state index contributed by atoms with van der Waals surface area (Å²) in [4.78, 5) is 11.1. The van der Waals surface area contributed by atoms with Gasteiger partial charge >= 0.3 is 5.97 Å². The molecule has 0 heterocycles. The van der Waals surface area contributed by atoms with E-state index in [1.165, 1.54) is 12.1 Å². The van der Waals surface area contributed by atoms with Gasteiger partial charge in [-0.2, -0.15) is 0 Å². The minimum absolute atomic E-state index is 0.204. The van der Waals surface area contributed by atoms with Crippen molar-refractivity contribution in [3.8, 4) is 0 Å². The third-order valence-corrected chi connectivity index (χ3v) is 2.77. The maximum Gasteiger partial charge on any atom is 0.325 e. The van der Waals surface area contributed by atoms with Crippen LogP contribution in [0.3, 0.4) is 0 Å². The van der Waals surface area contributed by atoms with E-state index in [1.54, 1.807) is 12.1 Å². The Morgan fingerprint density at radius 2 is 2.19 bits per heavy atom. The quantitative estimate of drug-likeness (QED) is 0.802. The van der Waals surface area contributed by atoms with Crippen LogP contribution in [0.1, 0.15) is 24.4 Å². The zero-order valence-electron chi connectivity index (χ0n) is 8.82. The number of halogens is 1. The molecule has 0 amide bonds. The van der Waals surface area contributed by atoms with Crippen molar-refractivity contribution in [3.63, 3.8) is 0 Å². The van der Waals surface area contributed by atoms with Gasteiger partial charge in [-0.25, -0.2) is 4.39 Å². The van der Waals surface area contributed by atoms with E-state index in [0.717, 1.165) is 12.8 Å². The summed E-state index contributed by atoms with van der Waals surface area (Å²) in [7, 11) is 0. The van der Waals surface area contributed by atoms with Gasteiger partial charge in [0.25, 0.3) is 0 Å². The smallest absolute Gasteiger partial charge is 0.325 e. The van der Waals surface area contributed by atoms with Crippen LogP contribution in [0.25, 0.3) is 0 Å². The van der Waals surface area contributed by atoms with Crippen molar-refractivity contribution in [1.82, 2.24) is 5.32 Å². The summed E-state index contributed by atoms with van der Waals surface area (Å²) in [6, 6.07) is 5.05. The lowest BCUT2D eigenvalue weighted by Gasteiger charge is -2.15. The molecule has 1 fully saturated rings. The van der Waals surface area contributed by atoms with Crippen molar-refractivity contribution in [2.24, 2.45) is 5.92 Å². The van der Waals surface area contributed by atoms with E-state index in [4.69, 9.17) is 5.11 Å². The van der Waals surface area contributed by atoms with Crippen molar-refractivity contribution in [1.29, 1.82) is 0 Å². The summed E-state index contributed by atoms with van der Waals surface area (Å²) < 4.78 is 13.4. The highest BCUT2D eigenvalue weighted by Gasteiger charge is 2.27. The van der Waals surface area contributed by atoms with Crippen molar-refractivity contribution >= 4 is 5.97 Å². The van der Waals surface area contributed by atoms with Gasteiger partial charge in [0, 0.05) is 5.56 Å². The lowest BCUT2D eigenvalue weighted by molar-refractivity contribution is -0.139. The van der Waals surface area contributed by atoms with Crippen LogP contribution in [-0.2, 0) is 4.79 Å². The lowest BCUT2D eigenvalue weighted by Crippen LogP contribution is -2.30. The maximum absolute atomic E-state index is 13.4. The predicted molar refractivity (Wildman–Crippen MR) is 57.5 cm³/mol. The maximum atomic E-state index is 13.4. The number of rotatable bonds is 5. The Hall–Kier alpha value is -1.42. The predicted octanol–water partition coefficient (Wildman–Crippen LogP) is 1.95. The van der Waals surface area contributed by atoms with E-state index in [1.807, 2.05) is 0 Å². The molecular weight excluding hydrogens is 209 g/mol. The second kappa shape index (κ2) is 4.61. The number of hydrogen-bond donors (Lipinski definition) is 2. The summed E-state index contributed by atoms with van der Waals surface area (Å²) in [6.07, 6.45) is 2.27. The number of nitrogens with one attached hydrogen (secondary N) is 1. The largest absolute Gasteiger partial charge is 0.480 e. The molecule has 16 heavy (non-hydrogen) atoms. The van der Waals surface area contributed by atoms with Crippen molar-refractivity contribution < 1.29 is 14.3 Å². The van der Waals surface area contributed by atoms with E-state index >= 15 is 0 Å². The molecule has 1 atom stereocenters. The Labute approximate surface area is 93.3 Å². The summed E-state index contributed by atoms with van der Waals surface area (Å²) in [5.74, 6) is -0.947. The molecule has 0 aromatic heterocycles. The lowest BCUT2D eigenvalue weighted by atomic mass is 10.1. The fourth-order valence-corrected chi connectivity index (χ4v) is 1.65. The average Bonchev–Trinajstić information content (AvgIpc) is 3.04. The van der Waals surface area contributed by atoms with Gasteiger partial charge in [0.05, 0.1) is 0 Å². The van der Waals surface area contributed by atoms with E-state index in [2.05, 4.69) is 5.32 Å². The molecule has 0 aliphatic heterocycles. The Morgan fingerprint density at radius 1 is 1.50 bits per heavy atom. The van der Waals surface area contributed by atoms with E-state index < -0.39 is 17.8 Å². The fraction of sp³-hybridized carbons (Fsp3) is 0.417. The molecule has 1 saturated carbocycles. The molecule has 1 aliphatic rings. The SMILES string of the molecule is O=C(O)C(NCC1CC1)c1ccccc1F. The normalized spacial score (nSPS) is 17.1. The first-order valence-electron chi connectivity index (χ1n) is 5.39. The number of carbonyl (C=O) groups is 1. The Bertz CT molecular complexity index is 390. The summed E-state index contributed by atoms with van der Waals surface area (Å²) in [5.41, 5.74) is 0.204. The van der Waals surface area contributed by atoms with Gasteiger partial charge in [-0.3, -0.25) is 4.79 Å². The molecule has 0 bridgehead atoms. The van der Waals surface area contributed by atoms with Gasteiger partial charge in [0.1, 0.15) is 11.9 Å². The van der Waals surface area contributed by atoms with Gasteiger partial charge in [-0.05, 0) is 31.4 Å². The monoisotopic (exact) mass is 223 g/mol. The van der Waals surface area contributed by atoms with E-state index in [0.29, 0.717) is 12.5 Å². The van der Waals surface area contributed by atoms with Crippen molar-refractivity contribution in [3.05, 3.63) is 35.6 Å². The first-order valence-corrected chi connectivity index (χ1v) is 5.39. The van der Waals surface area contributed by atoms with Gasteiger partial charge < -0.3 is 10.4 Å². The Morgan fingerprint density at radius 3 is 2.75 bits per heavy atom. The highest BCUT2D eigenvalue weighted by Crippen LogP contribution is 2.29. The molecule has 2 N–H and O–H groups in total. The van der Waals surface area contributed by atoms with Crippen LogP contribution >= 0.6 is 0 Å². The van der Waals surface area contributed by atoms with Crippen LogP contribution in [-0.4, -0.2) is 17.6 Å². The van der Waals surface area contributed by atoms with Crippen LogP contribution < -0.4 is 5.32 Å². The Kier molecular flexibility index (Phi) is 3.19. The van der Waals surface area contributed by atoms with Crippen molar-refractivity contribution in [2.45, 2.75) is 18.9 Å². The molecule has 1 unspecified atom stereocenters. The topological polar surface area (TPSA) is 49.3 Å². The minimum Gasteiger partial charge on any atom is -0.480 e. The zero-order valence-corrected chi connectivity index (χ0v) is 8.82. The summed E-state index contributed by atoms with van der Waals surface area (Å²) in [6.45, 7) is 0.644. The first kappa shape index (κ1) is 11.1. The molecule has 2 rings (SSSR count). The molecule has 0 spiro atoms. The van der Waals surface area contributed by atoms with Crippen LogP contribution in [0, 0.1) is 11.7 Å². The summed E-state index contributed by atoms with van der Waals surface area (Å²) in [5, 5.41) is 12.0. The number of hydrogen-bond acceptors (Lipinski definition) is 2. The second-order valence-corrected chi connectivity index (χ2v) is 4.14. The van der Waals surface area contributed by atoms with Gasteiger partial charge in [0.2, 0.25) is 0 Å². The number of aliphatic carboxylic acids is 1. The fourth-order valence-electron chi connectivity index (χ4n) is 1.65. The van der Waals surface area contributed by atoms with Crippen LogP contribution in [0.2, 0.25) is 0 Å². The molecule has 3 nitrogen and oxygen atoms in total. The number of carboxylic acid groups (broad SMARTS) is 1. The molecule has 86 valence electrons. The van der Waals surface area contributed by atoms with Gasteiger partial charge in [-0.15, -0.1) is 0 Å². The molecule has 1 aromatic rings. The molecule has 4 heteroatoms. The van der Waals surface area contributed by atoms with E-state index in [-0.39, 0.29) is 5.56 Å². The summed E-state index contributed by atoms with van der Waals surface area (Å²) >= 11 is 0. The van der Waals surface area contributed by atoms with Gasteiger partial charge in [0.15, 0.2) is 0 Å². The first-order chi connectivity index (χ1) is 7.68. The highest BCUT2D eigenvalue weighted by molar-refractivity contribution is 5.75. The zero-order chi connectivity index (χ0) is 11.5. The van der Waals surface area contributed by atoms with Crippen LogP contribution in [0.4, 0.5) is 4.39 Å². The third kappa shape index (κ3) is 2.58. The third-order valence-electron chi connectivity index (χ3n) is 2.77. The van der Waals surface area contributed by atoms with Gasteiger partial charge in [-0.1, -0.05) is 18.2 Å². The van der Waals surface area contributed by atoms with E-state index in [9.17, 15) is 9.18 Å². The molecule has 0 saturated heterocycles. The number of benzene rings is 1. The van der Waals surface area contributed by atoms with Crippen LogP contribution in [0.15, 0.2) is 24.3 Å².